The molecule has 90 valence electrons. The summed E-state index contributed by atoms with van der Waals surface area (Å²) in [5.41, 5.74) is 0.405. The van der Waals surface area contributed by atoms with Crippen LogP contribution < -0.4 is 4.90 Å². The van der Waals surface area contributed by atoms with Crippen LogP contribution in [0.2, 0.25) is 0 Å². The number of amides is 1. The van der Waals surface area contributed by atoms with Crippen LogP contribution in [0.4, 0.5) is 5.69 Å². The molecule has 0 aliphatic carbocycles. The molecule has 1 aromatic carbocycles. The number of rotatable bonds is 2. The van der Waals surface area contributed by atoms with Gasteiger partial charge in [-0.3, -0.25) is 9.59 Å². The van der Waals surface area contributed by atoms with Crippen molar-refractivity contribution in [1.82, 2.24) is 0 Å². The van der Waals surface area contributed by atoms with Crippen molar-refractivity contribution in [3.05, 3.63) is 29.8 Å². The number of nitrogens with zero attached hydrogens (tertiary/aromatic N) is 1. The highest BCUT2D eigenvalue weighted by molar-refractivity contribution is 6.11. The Morgan fingerprint density at radius 2 is 2.12 bits per heavy atom. The zero-order valence-electron chi connectivity index (χ0n) is 9.93. The second-order valence-electron chi connectivity index (χ2n) is 4.49. The van der Waals surface area contributed by atoms with Crippen LogP contribution in [0, 0.1) is 5.41 Å². The fraction of sp³-hybridized carbons (Fsp3) is 0.385. The van der Waals surface area contributed by atoms with E-state index in [2.05, 4.69) is 0 Å². The van der Waals surface area contributed by atoms with Gasteiger partial charge in [-0.2, -0.15) is 0 Å². The molecule has 1 aromatic rings. The van der Waals surface area contributed by atoms with Crippen molar-refractivity contribution in [2.75, 3.05) is 11.4 Å². The number of anilines is 1. The summed E-state index contributed by atoms with van der Waals surface area (Å²) >= 11 is 0. The Morgan fingerprint density at radius 3 is 2.71 bits per heavy atom. The Balaban J connectivity index is 2.57. The summed E-state index contributed by atoms with van der Waals surface area (Å²) in [6.07, 6.45) is 0.258. The van der Waals surface area contributed by atoms with E-state index in [1.165, 1.54) is 6.92 Å². The second-order valence-corrected chi connectivity index (χ2v) is 4.49. The quantitative estimate of drug-likeness (QED) is 0.791. The number of hydrogen-bond donors (Lipinski definition) is 1. The molecule has 4 nitrogen and oxygen atoms in total. The lowest BCUT2D eigenvalue weighted by molar-refractivity contribution is -0.154. The fourth-order valence-electron chi connectivity index (χ4n) is 2.27. The smallest absolute Gasteiger partial charge is 0.319 e. The topological polar surface area (TPSA) is 57.6 Å². The number of carbonyl (C=O) groups is 2. The van der Waals surface area contributed by atoms with Gasteiger partial charge in [-0.25, -0.2) is 0 Å². The van der Waals surface area contributed by atoms with Crippen LogP contribution in [0.3, 0.4) is 0 Å². The van der Waals surface area contributed by atoms with Gasteiger partial charge in [0, 0.05) is 12.2 Å². The molecule has 1 unspecified atom stereocenters. The Kier molecular flexibility index (Phi) is 2.65. The predicted molar refractivity (Wildman–Crippen MR) is 63.9 cm³/mol. The molecule has 0 fully saturated rings. The number of para-hydroxylation sites is 1. The molecule has 0 saturated carbocycles. The molecule has 0 saturated heterocycles. The van der Waals surface area contributed by atoms with Gasteiger partial charge >= 0.3 is 5.97 Å². The zero-order valence-corrected chi connectivity index (χ0v) is 9.93. The summed E-state index contributed by atoms with van der Waals surface area (Å²) in [6.45, 7) is 3.83. The largest absolute Gasteiger partial charge is 0.480 e. The molecule has 1 aliphatic heterocycles. The maximum Gasteiger partial charge on any atom is 0.319 e. The van der Waals surface area contributed by atoms with Gasteiger partial charge in [0.2, 0.25) is 5.91 Å². The van der Waals surface area contributed by atoms with Gasteiger partial charge in [-0.15, -0.1) is 0 Å². The average Bonchev–Trinajstić information content (AvgIpc) is 2.30. The van der Waals surface area contributed by atoms with Crippen molar-refractivity contribution in [1.29, 1.82) is 0 Å². The van der Waals surface area contributed by atoms with Crippen LogP contribution in [0.5, 0.6) is 0 Å². The van der Waals surface area contributed by atoms with Crippen LogP contribution in [0.1, 0.15) is 19.4 Å². The number of hydrogen-bond acceptors (Lipinski definition) is 2. The van der Waals surface area contributed by atoms with E-state index in [-0.39, 0.29) is 12.3 Å². The molecule has 1 aliphatic rings. The lowest BCUT2D eigenvalue weighted by atomic mass is 9.78. The first-order chi connectivity index (χ1) is 8.00. The molecule has 1 amide bonds. The van der Waals surface area contributed by atoms with Crippen molar-refractivity contribution in [2.45, 2.75) is 20.3 Å². The first-order valence-electron chi connectivity index (χ1n) is 5.64. The summed E-state index contributed by atoms with van der Waals surface area (Å²) in [5, 5.41) is 9.26. The Labute approximate surface area is 99.9 Å². The van der Waals surface area contributed by atoms with Gasteiger partial charge in [0.05, 0.1) is 0 Å². The molecule has 1 N–H and O–H groups in total. The molecule has 17 heavy (non-hydrogen) atoms. The highest BCUT2D eigenvalue weighted by Gasteiger charge is 2.47. The number of fused-ring (bicyclic) bond motifs is 1. The fourth-order valence-corrected chi connectivity index (χ4v) is 2.27. The van der Waals surface area contributed by atoms with Crippen LogP contribution in [-0.4, -0.2) is 23.5 Å². The number of carbonyl (C=O) groups excluding carboxylic acids is 1. The molecule has 0 aromatic heterocycles. The van der Waals surface area contributed by atoms with Gasteiger partial charge in [0.25, 0.3) is 0 Å². The SMILES string of the molecule is CCN1C(=O)C(C)(C(=O)O)Cc2ccccc21. The third-order valence-electron chi connectivity index (χ3n) is 3.33. The molecular weight excluding hydrogens is 218 g/mol. The number of benzene rings is 1. The maximum atomic E-state index is 12.2. The summed E-state index contributed by atoms with van der Waals surface area (Å²) in [4.78, 5) is 25.1. The molecule has 0 spiro atoms. The standard InChI is InChI=1S/C13H15NO3/c1-3-14-10-7-5-4-6-9(10)8-13(2,11(14)15)12(16)17/h4-7H,3,8H2,1-2H3,(H,16,17). The summed E-state index contributed by atoms with van der Waals surface area (Å²) in [5.74, 6) is -1.39. The highest BCUT2D eigenvalue weighted by Crippen LogP contribution is 2.37. The summed E-state index contributed by atoms with van der Waals surface area (Å²) < 4.78 is 0. The normalized spacial score (nSPS) is 23.4. The van der Waals surface area contributed by atoms with Crippen molar-refractivity contribution in [2.24, 2.45) is 5.41 Å². The molecule has 0 radical (unpaired) electrons. The molecule has 4 heteroatoms. The summed E-state index contributed by atoms with van der Waals surface area (Å²) in [7, 11) is 0. The van der Waals surface area contributed by atoms with E-state index in [9.17, 15) is 14.7 Å². The van der Waals surface area contributed by atoms with E-state index in [1.54, 1.807) is 4.90 Å². The monoisotopic (exact) mass is 233 g/mol. The minimum Gasteiger partial charge on any atom is -0.480 e. The minimum absolute atomic E-state index is 0.258. The number of carboxylic acids is 1. The molecule has 2 rings (SSSR count). The van der Waals surface area contributed by atoms with Crippen molar-refractivity contribution >= 4 is 17.6 Å². The van der Waals surface area contributed by atoms with Crippen LogP contribution in [0.25, 0.3) is 0 Å². The lowest BCUT2D eigenvalue weighted by Crippen LogP contribution is -2.51. The van der Waals surface area contributed by atoms with E-state index in [1.807, 2.05) is 31.2 Å². The van der Waals surface area contributed by atoms with Gasteiger partial charge in [0.15, 0.2) is 0 Å². The lowest BCUT2D eigenvalue weighted by Gasteiger charge is -2.37. The maximum absolute atomic E-state index is 12.2. The van der Waals surface area contributed by atoms with Crippen LogP contribution in [0.15, 0.2) is 24.3 Å². The minimum atomic E-state index is -1.34. The van der Waals surface area contributed by atoms with E-state index in [0.717, 1.165) is 11.3 Å². The van der Waals surface area contributed by atoms with Gasteiger partial charge in [0.1, 0.15) is 5.41 Å². The molecule has 1 atom stereocenters. The molecule has 1 heterocycles. The highest BCUT2D eigenvalue weighted by atomic mass is 16.4. The van der Waals surface area contributed by atoms with Crippen LogP contribution >= 0.6 is 0 Å². The van der Waals surface area contributed by atoms with Gasteiger partial charge < -0.3 is 10.0 Å². The van der Waals surface area contributed by atoms with E-state index >= 15 is 0 Å². The van der Waals surface area contributed by atoms with Gasteiger partial charge in [-0.05, 0) is 31.9 Å². The molecule has 0 bridgehead atoms. The predicted octanol–water partition coefficient (Wildman–Crippen LogP) is 1.69. The van der Waals surface area contributed by atoms with E-state index < -0.39 is 11.4 Å². The Morgan fingerprint density at radius 1 is 1.47 bits per heavy atom. The third kappa shape index (κ3) is 1.60. The third-order valence-corrected chi connectivity index (χ3v) is 3.33. The zero-order chi connectivity index (χ0) is 12.6. The van der Waals surface area contributed by atoms with E-state index in [0.29, 0.717) is 6.54 Å². The number of aliphatic carboxylic acids is 1. The van der Waals surface area contributed by atoms with Crippen molar-refractivity contribution in [3.63, 3.8) is 0 Å². The van der Waals surface area contributed by atoms with Gasteiger partial charge in [-0.1, -0.05) is 18.2 Å². The Hall–Kier alpha value is -1.84. The first kappa shape index (κ1) is 11.6. The first-order valence-corrected chi connectivity index (χ1v) is 5.64. The molecular formula is C13H15NO3. The van der Waals surface area contributed by atoms with E-state index in [4.69, 9.17) is 0 Å². The Bertz CT molecular complexity index is 483. The second kappa shape index (κ2) is 3.87. The van der Waals surface area contributed by atoms with Crippen molar-refractivity contribution < 1.29 is 14.7 Å². The van der Waals surface area contributed by atoms with Crippen LogP contribution in [-0.2, 0) is 16.0 Å². The average molecular weight is 233 g/mol. The summed E-state index contributed by atoms with van der Waals surface area (Å²) in [6, 6.07) is 7.47. The van der Waals surface area contributed by atoms with Crippen molar-refractivity contribution in [3.8, 4) is 0 Å². The number of carboxylic acid groups (broad SMARTS) is 1.